The van der Waals surface area contributed by atoms with Crippen LogP contribution in [-0.2, 0) is 0 Å². The Bertz CT molecular complexity index is 50.2. The Labute approximate surface area is 59.0 Å². The molecule has 4 nitrogen and oxygen atoms in total. The first kappa shape index (κ1) is 9.52. The molecule has 32 valence electrons. The number of urea groups is 1. The van der Waals surface area contributed by atoms with Gasteiger partial charge in [-0.1, -0.05) is 0 Å². The smallest absolute Gasteiger partial charge is 1.00 e. The van der Waals surface area contributed by atoms with Gasteiger partial charge < -0.3 is 7.16 Å². The molecule has 0 fully saturated rings. The van der Waals surface area contributed by atoms with Crippen LogP contribution >= 0.6 is 0 Å². The van der Waals surface area contributed by atoms with Crippen molar-refractivity contribution >= 4 is 6.03 Å². The molecule has 6 heavy (non-hydrogen) atoms. The van der Waals surface area contributed by atoms with Crippen molar-refractivity contribution in [2.45, 2.75) is 0 Å². The summed E-state index contributed by atoms with van der Waals surface area (Å²) in [4.78, 5) is 9.35. The van der Waals surface area contributed by atoms with E-state index in [4.69, 9.17) is 0 Å². The van der Waals surface area contributed by atoms with Crippen LogP contribution < -0.4 is 46.6 Å². The fourth-order valence-electron chi connectivity index (χ4n) is 0. The zero-order valence-corrected chi connectivity index (χ0v) is 5.56. The number of hydrogen-bond donors (Lipinski definition) is 3. The van der Waals surface area contributed by atoms with Crippen molar-refractivity contribution in [3.8, 4) is 0 Å². The van der Waals surface area contributed by atoms with E-state index in [1.807, 2.05) is 0 Å². The monoisotopic (exact) mass is 99.0 g/mol. The molecule has 5 heteroatoms. The molecule has 0 spiro atoms. The summed E-state index contributed by atoms with van der Waals surface area (Å²) in [5.74, 6) is 4.45. The Balaban J connectivity index is -0.0000000800. The van der Waals surface area contributed by atoms with Gasteiger partial charge in [0.2, 0.25) is 0 Å². The van der Waals surface area contributed by atoms with Crippen LogP contribution in [0.3, 0.4) is 0 Å². The molecule has 0 aromatic rings. The van der Waals surface area contributed by atoms with Crippen molar-refractivity contribution in [1.29, 1.82) is 0 Å². The van der Waals surface area contributed by atoms with Gasteiger partial charge >= 0.3 is 35.6 Å². The Morgan fingerprint density at radius 1 is 1.83 bits per heavy atom. The average molecular weight is 99.1 g/mol. The number of nitrogens with one attached hydrogen (secondary N) is 1. The topological polar surface area (TPSA) is 81.1 Å². The van der Waals surface area contributed by atoms with E-state index in [1.165, 1.54) is 0 Å². The molecule has 0 aromatic carbocycles. The second-order valence-corrected chi connectivity index (χ2v) is 0.509. The van der Waals surface area contributed by atoms with E-state index in [0.717, 1.165) is 0 Å². The largest absolute Gasteiger partial charge is 1.00 e. The number of primary amides is 1. The average Bonchev–Trinajstić information content (AvgIpc) is 1.38. The molecule has 0 aliphatic carbocycles. The SMILES string of the molecule is NNC(N)=O.[H-].[Na+]. The van der Waals surface area contributed by atoms with Gasteiger partial charge in [0.1, 0.15) is 0 Å². The predicted octanol–water partition coefficient (Wildman–Crippen LogP) is -4.36. The van der Waals surface area contributed by atoms with Crippen LogP contribution in [-0.4, -0.2) is 6.03 Å². The van der Waals surface area contributed by atoms with Crippen LogP contribution in [0, 0.1) is 0 Å². The minimum atomic E-state index is -0.718. The summed E-state index contributed by atoms with van der Waals surface area (Å²) >= 11 is 0. The van der Waals surface area contributed by atoms with Gasteiger partial charge in [0.05, 0.1) is 0 Å². The minimum absolute atomic E-state index is 0. The second kappa shape index (κ2) is 5.23. The van der Waals surface area contributed by atoms with Crippen molar-refractivity contribution in [1.82, 2.24) is 5.43 Å². The maximum absolute atomic E-state index is 9.35. The third-order valence-corrected chi connectivity index (χ3v) is 0.142. The van der Waals surface area contributed by atoms with Gasteiger partial charge in [-0.2, -0.15) is 0 Å². The first-order valence-electron chi connectivity index (χ1n) is 1.03. The first-order chi connectivity index (χ1) is 2.27. The van der Waals surface area contributed by atoms with Gasteiger partial charge in [-0.25, -0.2) is 10.6 Å². The summed E-state index contributed by atoms with van der Waals surface area (Å²) in [6.07, 6.45) is 0. The van der Waals surface area contributed by atoms with Crippen molar-refractivity contribution in [3.63, 3.8) is 0 Å². The molecule has 5 N–H and O–H groups in total. The molecule has 0 aromatic heterocycles. The predicted molar refractivity (Wildman–Crippen MR) is 18.0 cm³/mol. The van der Waals surface area contributed by atoms with Crippen LogP contribution in [0.5, 0.6) is 0 Å². The maximum Gasteiger partial charge on any atom is 1.00 e. The zero-order valence-electron chi connectivity index (χ0n) is 4.56. The van der Waals surface area contributed by atoms with Crippen LogP contribution in [0.15, 0.2) is 0 Å². The van der Waals surface area contributed by atoms with Crippen molar-refractivity contribution < 1.29 is 35.8 Å². The van der Waals surface area contributed by atoms with Gasteiger partial charge in [0, 0.05) is 0 Å². The van der Waals surface area contributed by atoms with Gasteiger partial charge in [-0.3, -0.25) is 5.43 Å². The number of amides is 2. The number of hydrogen-bond acceptors (Lipinski definition) is 2. The zero-order chi connectivity index (χ0) is 4.28. The third kappa shape index (κ3) is 8.87. The van der Waals surface area contributed by atoms with Crippen LogP contribution in [0.25, 0.3) is 0 Å². The van der Waals surface area contributed by atoms with Crippen LogP contribution in [0.4, 0.5) is 4.79 Å². The maximum atomic E-state index is 9.35. The summed E-state index contributed by atoms with van der Waals surface area (Å²) < 4.78 is 0. The van der Waals surface area contributed by atoms with Gasteiger partial charge in [0.25, 0.3) is 0 Å². The number of nitrogens with two attached hydrogens (primary N) is 2. The summed E-state index contributed by atoms with van der Waals surface area (Å²) in [7, 11) is 0. The molecule has 0 unspecified atom stereocenters. The number of rotatable bonds is 0. The molecule has 0 aliphatic heterocycles. The fraction of sp³-hybridized carbons (Fsp3) is 0. The van der Waals surface area contributed by atoms with E-state index in [2.05, 4.69) is 11.6 Å². The molecule has 2 amide bonds. The third-order valence-electron chi connectivity index (χ3n) is 0.142. The minimum Gasteiger partial charge on any atom is -1.00 e. The van der Waals surface area contributed by atoms with E-state index < -0.39 is 6.03 Å². The van der Waals surface area contributed by atoms with Crippen molar-refractivity contribution in [2.75, 3.05) is 0 Å². The first-order valence-corrected chi connectivity index (χ1v) is 1.03. The van der Waals surface area contributed by atoms with Crippen LogP contribution in [0.1, 0.15) is 1.43 Å². The van der Waals surface area contributed by atoms with Gasteiger partial charge in [-0.05, 0) is 0 Å². The molecule has 0 radical (unpaired) electrons. The fourth-order valence-corrected chi connectivity index (χ4v) is 0. The molecule has 0 aliphatic rings. The van der Waals surface area contributed by atoms with Gasteiger partial charge in [-0.15, -0.1) is 0 Å². The summed E-state index contributed by atoms with van der Waals surface area (Å²) in [5.41, 5.74) is 6.08. The molecule has 0 heterocycles. The molecular weight excluding hydrogens is 93.0 g/mol. The van der Waals surface area contributed by atoms with Crippen LogP contribution in [0.2, 0.25) is 0 Å². The Hall–Kier alpha value is 0.230. The molecular formula is CH6N3NaO. The Morgan fingerprint density at radius 2 is 2.00 bits per heavy atom. The van der Waals surface area contributed by atoms with E-state index >= 15 is 0 Å². The summed E-state index contributed by atoms with van der Waals surface area (Å²) in [6.45, 7) is 0. The standard InChI is InChI=1S/CH5N3O.Na.H/c2-1(5)4-3;;/h3H2,(H3,2,4,5);;/q;+1;-1. The number of hydrazine groups is 1. The van der Waals surface area contributed by atoms with E-state index in [-0.39, 0.29) is 31.0 Å². The van der Waals surface area contributed by atoms with Crippen molar-refractivity contribution in [3.05, 3.63) is 0 Å². The molecule has 0 saturated heterocycles. The van der Waals surface area contributed by atoms with E-state index in [9.17, 15) is 4.79 Å². The quantitative estimate of drug-likeness (QED) is 0.124. The summed E-state index contributed by atoms with van der Waals surface area (Å²) in [6, 6.07) is -0.718. The number of carbonyl (C=O) groups excluding carboxylic acids is 1. The summed E-state index contributed by atoms with van der Waals surface area (Å²) in [5, 5.41) is 0. The Kier molecular flexibility index (Phi) is 8.30. The van der Waals surface area contributed by atoms with E-state index in [0.29, 0.717) is 0 Å². The molecule has 0 saturated carbocycles. The Morgan fingerprint density at radius 3 is 2.00 bits per heavy atom. The second-order valence-electron chi connectivity index (χ2n) is 0.509. The molecule has 0 rings (SSSR count). The van der Waals surface area contributed by atoms with E-state index in [1.54, 1.807) is 5.43 Å². The molecule has 0 atom stereocenters. The normalized spacial score (nSPS) is 5.50. The number of carbonyl (C=O) groups is 1. The van der Waals surface area contributed by atoms with Crippen molar-refractivity contribution in [2.24, 2.45) is 11.6 Å². The van der Waals surface area contributed by atoms with Gasteiger partial charge in [0.15, 0.2) is 0 Å². The molecule has 0 bridgehead atoms.